The minimum atomic E-state index is 0.750. The zero-order valence-corrected chi connectivity index (χ0v) is 14.1. The molecule has 1 aromatic carbocycles. The van der Waals surface area contributed by atoms with E-state index in [2.05, 4.69) is 44.8 Å². The third-order valence-electron chi connectivity index (χ3n) is 3.23. The lowest BCUT2D eigenvalue weighted by Crippen LogP contribution is -1.85. The molecule has 1 heterocycles. The van der Waals surface area contributed by atoms with Gasteiger partial charge in [-0.25, -0.2) is 0 Å². The summed E-state index contributed by atoms with van der Waals surface area (Å²) in [6.07, 6.45) is 2.93. The zero-order valence-electron chi connectivity index (χ0n) is 14.1. The minimum Gasteiger partial charge on any atom is -0.358 e. The summed E-state index contributed by atoms with van der Waals surface area (Å²) in [5.74, 6) is 0. The molecular weight excluding hydrogens is 246 g/mol. The Kier molecular flexibility index (Phi) is 8.62. The van der Waals surface area contributed by atoms with Crippen molar-refractivity contribution in [1.29, 1.82) is 0 Å². The van der Waals surface area contributed by atoms with Crippen molar-refractivity contribution in [2.75, 3.05) is 0 Å². The summed E-state index contributed by atoms with van der Waals surface area (Å²) in [6, 6.07) is 4.58. The molecule has 0 bridgehead atoms. The molecule has 1 N–H and O–H groups in total. The minimum absolute atomic E-state index is 0.750. The third kappa shape index (κ3) is 4.22. The van der Waals surface area contributed by atoms with Crippen LogP contribution in [0.3, 0.4) is 0 Å². The molecule has 0 amide bonds. The van der Waals surface area contributed by atoms with Gasteiger partial charge in [-0.15, -0.1) is 0 Å². The topological polar surface area (TPSA) is 32.9 Å². The molecule has 20 heavy (non-hydrogen) atoms. The monoisotopic (exact) mass is 275 g/mol. The third-order valence-corrected chi connectivity index (χ3v) is 3.23. The molecule has 0 aliphatic carbocycles. The number of benzene rings is 1. The van der Waals surface area contributed by atoms with E-state index in [-0.39, 0.29) is 0 Å². The van der Waals surface area contributed by atoms with Crippen molar-refractivity contribution in [3.8, 4) is 0 Å². The number of aromatic amines is 1. The number of H-pyrrole nitrogens is 1. The van der Waals surface area contributed by atoms with Crippen LogP contribution < -0.4 is 0 Å². The Morgan fingerprint density at radius 3 is 2.10 bits per heavy atom. The van der Waals surface area contributed by atoms with Crippen molar-refractivity contribution in [2.24, 2.45) is 0 Å². The van der Waals surface area contributed by atoms with E-state index in [1.807, 2.05) is 13.8 Å². The predicted octanol–water partition coefficient (Wildman–Crippen LogP) is 5.14. The molecule has 0 atom stereocenters. The van der Waals surface area contributed by atoms with Gasteiger partial charge in [0, 0.05) is 16.6 Å². The fraction of sp³-hybridized carbons (Fsp3) is 0.500. The van der Waals surface area contributed by atoms with Gasteiger partial charge in [-0.2, -0.15) is 0 Å². The predicted molar refractivity (Wildman–Crippen MR) is 89.6 cm³/mol. The number of aromatic nitrogens is 1. The average molecular weight is 275 g/mol. The van der Waals surface area contributed by atoms with Crippen LogP contribution in [0, 0.1) is 13.8 Å². The molecule has 0 saturated heterocycles. The van der Waals surface area contributed by atoms with Gasteiger partial charge in [-0.3, -0.25) is 0 Å². The number of rotatable bonds is 2. The quantitative estimate of drug-likeness (QED) is 0.756. The van der Waals surface area contributed by atoms with Crippen LogP contribution in [0.5, 0.6) is 0 Å². The molecule has 2 nitrogen and oxygen atoms in total. The van der Waals surface area contributed by atoms with E-state index in [0.717, 1.165) is 19.1 Å². The summed E-state index contributed by atoms with van der Waals surface area (Å²) in [5, 5.41) is 1.41. The van der Waals surface area contributed by atoms with Crippen molar-refractivity contribution >= 4 is 17.2 Å². The van der Waals surface area contributed by atoms with Gasteiger partial charge in [0.15, 0.2) is 0 Å². The van der Waals surface area contributed by atoms with Crippen LogP contribution in [-0.2, 0) is 17.6 Å². The summed E-state index contributed by atoms with van der Waals surface area (Å²) >= 11 is 0. The highest BCUT2D eigenvalue weighted by molar-refractivity contribution is 5.88. The van der Waals surface area contributed by atoms with Gasteiger partial charge in [0.05, 0.1) is 0 Å². The summed E-state index contributed by atoms with van der Waals surface area (Å²) in [5.41, 5.74) is 6.95. The summed E-state index contributed by atoms with van der Waals surface area (Å²) < 4.78 is 0. The maximum absolute atomic E-state index is 8.81. The summed E-state index contributed by atoms with van der Waals surface area (Å²) in [4.78, 5) is 12.4. The molecule has 0 fully saturated rings. The van der Waals surface area contributed by atoms with Gasteiger partial charge in [0.2, 0.25) is 0 Å². The SMILES string of the molecule is CC.CC=O.CCc1[nH]c2c(CC)cc(C)cc2c1C. The Morgan fingerprint density at radius 2 is 1.65 bits per heavy atom. The molecule has 0 unspecified atom stereocenters. The van der Waals surface area contributed by atoms with Crippen LogP contribution in [0.2, 0.25) is 0 Å². The van der Waals surface area contributed by atoms with Crippen LogP contribution in [0.4, 0.5) is 0 Å². The highest BCUT2D eigenvalue weighted by Crippen LogP contribution is 2.26. The molecule has 2 rings (SSSR count). The van der Waals surface area contributed by atoms with Crippen molar-refractivity contribution in [3.63, 3.8) is 0 Å². The van der Waals surface area contributed by atoms with E-state index >= 15 is 0 Å². The summed E-state index contributed by atoms with van der Waals surface area (Å²) in [6.45, 7) is 14.3. The van der Waals surface area contributed by atoms with E-state index in [4.69, 9.17) is 4.79 Å². The molecule has 0 saturated carbocycles. The van der Waals surface area contributed by atoms with Crippen LogP contribution in [-0.4, -0.2) is 11.3 Å². The van der Waals surface area contributed by atoms with Crippen LogP contribution >= 0.6 is 0 Å². The van der Waals surface area contributed by atoms with E-state index in [1.54, 1.807) is 0 Å². The first-order valence-corrected chi connectivity index (χ1v) is 7.59. The maximum atomic E-state index is 8.81. The number of aryl methyl sites for hydroxylation is 4. The molecule has 2 aromatic rings. The standard InChI is InChI=1S/C14H19N.C2H4O.C2H6/c1-5-11-7-9(3)8-12-10(4)13(6-2)15-14(11)12;1-2-3;1-2/h7-8,15H,5-6H2,1-4H3;2H,1H3;1-2H3. The van der Waals surface area contributed by atoms with Crippen molar-refractivity contribution in [1.82, 2.24) is 4.98 Å². The Labute approximate surface area is 123 Å². The Bertz CT molecular complexity index is 538. The molecule has 0 radical (unpaired) electrons. The molecule has 0 aliphatic rings. The summed E-state index contributed by atoms with van der Waals surface area (Å²) in [7, 11) is 0. The number of hydrogen-bond donors (Lipinski definition) is 1. The number of hydrogen-bond acceptors (Lipinski definition) is 1. The highest BCUT2D eigenvalue weighted by atomic mass is 16.1. The largest absolute Gasteiger partial charge is 0.358 e. The number of aldehydes is 1. The molecule has 2 heteroatoms. The second kappa shape index (κ2) is 9.35. The van der Waals surface area contributed by atoms with Gasteiger partial charge < -0.3 is 9.78 Å². The Hall–Kier alpha value is -1.57. The maximum Gasteiger partial charge on any atom is 0.116 e. The first-order chi connectivity index (χ1) is 9.58. The van der Waals surface area contributed by atoms with Gasteiger partial charge >= 0.3 is 0 Å². The van der Waals surface area contributed by atoms with E-state index in [9.17, 15) is 0 Å². The van der Waals surface area contributed by atoms with Gasteiger partial charge in [0.25, 0.3) is 0 Å². The fourth-order valence-corrected chi connectivity index (χ4v) is 2.34. The molecule has 0 spiro atoms. The lowest BCUT2D eigenvalue weighted by Gasteiger charge is -2.02. The second-order valence-corrected chi connectivity index (χ2v) is 4.52. The Morgan fingerprint density at radius 1 is 1.10 bits per heavy atom. The van der Waals surface area contributed by atoms with Crippen molar-refractivity contribution in [2.45, 2.75) is 61.3 Å². The number of carbonyl (C=O) groups is 1. The molecule has 1 aromatic heterocycles. The van der Waals surface area contributed by atoms with E-state index < -0.39 is 0 Å². The smallest absolute Gasteiger partial charge is 0.116 e. The number of carbonyl (C=O) groups excluding carboxylic acids is 1. The van der Waals surface area contributed by atoms with E-state index in [1.165, 1.54) is 40.2 Å². The van der Waals surface area contributed by atoms with Gasteiger partial charge in [0.1, 0.15) is 6.29 Å². The van der Waals surface area contributed by atoms with Crippen LogP contribution in [0.15, 0.2) is 12.1 Å². The fourth-order valence-electron chi connectivity index (χ4n) is 2.34. The average Bonchev–Trinajstić information content (AvgIpc) is 2.78. The lowest BCUT2D eigenvalue weighted by molar-refractivity contribution is -0.106. The highest BCUT2D eigenvalue weighted by Gasteiger charge is 2.09. The number of fused-ring (bicyclic) bond motifs is 1. The first-order valence-electron chi connectivity index (χ1n) is 7.59. The van der Waals surface area contributed by atoms with Crippen molar-refractivity contribution in [3.05, 3.63) is 34.5 Å². The molecular formula is C18H29NO. The van der Waals surface area contributed by atoms with Gasteiger partial charge in [-0.1, -0.05) is 39.3 Å². The van der Waals surface area contributed by atoms with Crippen LogP contribution in [0.1, 0.15) is 57.0 Å². The zero-order chi connectivity index (χ0) is 15.7. The van der Waals surface area contributed by atoms with Crippen molar-refractivity contribution < 1.29 is 4.79 Å². The molecule has 0 aliphatic heterocycles. The molecule has 112 valence electrons. The number of nitrogens with one attached hydrogen (secondary N) is 1. The lowest BCUT2D eigenvalue weighted by atomic mass is 10.0. The van der Waals surface area contributed by atoms with E-state index in [0.29, 0.717) is 0 Å². The van der Waals surface area contributed by atoms with Crippen LogP contribution in [0.25, 0.3) is 10.9 Å². The first kappa shape index (κ1) is 18.4. The normalized spacial score (nSPS) is 9.35. The Balaban J connectivity index is 0.000000641. The second-order valence-electron chi connectivity index (χ2n) is 4.52. The van der Waals surface area contributed by atoms with Gasteiger partial charge in [-0.05, 0) is 50.8 Å².